The van der Waals surface area contributed by atoms with Crippen LogP contribution in [0.25, 0.3) is 0 Å². The molecule has 0 heterocycles. The number of benzene rings is 1. The molecule has 0 amide bonds. The molecule has 0 saturated carbocycles. The van der Waals surface area contributed by atoms with Crippen LogP contribution in [-0.4, -0.2) is 0 Å². The van der Waals surface area contributed by atoms with Crippen LogP contribution in [0.2, 0.25) is 0 Å². The molecule has 3 N–H and O–H groups in total. The predicted octanol–water partition coefficient (Wildman–Crippen LogP) is 1.47. The number of nitrogens with one attached hydrogen (secondary N) is 1. The molecule has 1 aromatic rings. The molecule has 47 valence electrons. The third kappa shape index (κ3) is 1.35. The smallest absolute Gasteiger partial charge is 0.0342 e. The molecule has 0 spiro atoms. The van der Waals surface area contributed by atoms with Gasteiger partial charge in [-0.2, -0.15) is 0 Å². The van der Waals surface area contributed by atoms with Crippen molar-refractivity contribution >= 4 is 11.4 Å². The van der Waals surface area contributed by atoms with Gasteiger partial charge in [-0.3, -0.25) is 0 Å². The lowest BCUT2D eigenvalue weighted by Crippen LogP contribution is -1.86. The Kier molecular flexibility index (Phi) is 1.58. The van der Waals surface area contributed by atoms with Crippen molar-refractivity contribution in [1.82, 2.24) is 0 Å². The molecule has 0 atom stereocenters. The number of hydrogen-bond donors (Lipinski definition) is 2. The summed E-state index contributed by atoms with van der Waals surface area (Å²) < 4.78 is 0. The average molecular weight is 121 g/mol. The molecule has 9 heavy (non-hydrogen) atoms. The second-order valence-electron chi connectivity index (χ2n) is 1.80. The molecular formula is C7H9N2. The minimum Gasteiger partial charge on any atom is -0.399 e. The van der Waals surface area contributed by atoms with E-state index in [9.17, 15) is 0 Å². The fourth-order valence-electron chi connectivity index (χ4n) is 0.601. The zero-order chi connectivity index (χ0) is 6.69. The van der Waals surface area contributed by atoms with Crippen molar-refractivity contribution in [1.29, 1.82) is 0 Å². The van der Waals surface area contributed by atoms with Gasteiger partial charge in [0, 0.05) is 18.4 Å². The van der Waals surface area contributed by atoms with E-state index in [1.54, 1.807) is 0 Å². The molecular weight excluding hydrogens is 112 g/mol. The van der Waals surface area contributed by atoms with Crippen LogP contribution in [0.5, 0.6) is 0 Å². The number of anilines is 2. The van der Waals surface area contributed by atoms with Gasteiger partial charge in [-0.05, 0) is 24.3 Å². The monoisotopic (exact) mass is 121 g/mol. The van der Waals surface area contributed by atoms with Crippen LogP contribution in [-0.2, 0) is 0 Å². The highest BCUT2D eigenvalue weighted by atomic mass is 14.8. The maximum absolute atomic E-state index is 5.43. The van der Waals surface area contributed by atoms with Crippen molar-refractivity contribution in [3.63, 3.8) is 0 Å². The summed E-state index contributed by atoms with van der Waals surface area (Å²) in [5.74, 6) is 0. The summed E-state index contributed by atoms with van der Waals surface area (Å²) in [4.78, 5) is 0. The van der Waals surface area contributed by atoms with E-state index in [4.69, 9.17) is 5.73 Å². The Hall–Kier alpha value is -1.18. The Morgan fingerprint density at radius 1 is 1.22 bits per heavy atom. The van der Waals surface area contributed by atoms with Gasteiger partial charge in [0.2, 0.25) is 0 Å². The van der Waals surface area contributed by atoms with E-state index in [0.717, 1.165) is 11.4 Å². The molecule has 0 bridgehead atoms. The molecule has 1 aromatic carbocycles. The van der Waals surface area contributed by atoms with E-state index in [-0.39, 0.29) is 0 Å². The lowest BCUT2D eigenvalue weighted by molar-refractivity contribution is 1.59. The molecule has 1 radical (unpaired) electrons. The quantitative estimate of drug-likeness (QED) is 0.552. The van der Waals surface area contributed by atoms with E-state index in [1.807, 2.05) is 24.3 Å². The minimum atomic E-state index is 0.772. The number of nitrogen functional groups attached to an aromatic ring is 1. The van der Waals surface area contributed by atoms with Gasteiger partial charge in [0.25, 0.3) is 0 Å². The maximum atomic E-state index is 5.43. The van der Waals surface area contributed by atoms with Crippen molar-refractivity contribution in [3.8, 4) is 0 Å². The lowest BCUT2D eigenvalue weighted by atomic mass is 10.3. The Morgan fingerprint density at radius 3 is 2.22 bits per heavy atom. The van der Waals surface area contributed by atoms with E-state index in [0.29, 0.717) is 0 Å². The lowest BCUT2D eigenvalue weighted by Gasteiger charge is -1.97. The molecule has 0 fully saturated rings. The van der Waals surface area contributed by atoms with Crippen LogP contribution in [0.1, 0.15) is 0 Å². The zero-order valence-electron chi connectivity index (χ0n) is 5.09. The van der Waals surface area contributed by atoms with E-state index in [1.165, 1.54) is 0 Å². The summed E-state index contributed by atoms with van der Waals surface area (Å²) >= 11 is 0. The van der Waals surface area contributed by atoms with Crippen LogP contribution in [0, 0.1) is 7.05 Å². The number of nitrogens with two attached hydrogens (primary N) is 1. The first-order valence-corrected chi connectivity index (χ1v) is 2.71. The van der Waals surface area contributed by atoms with Crippen LogP contribution in [0.3, 0.4) is 0 Å². The molecule has 0 unspecified atom stereocenters. The Balaban J connectivity index is 2.88. The summed E-state index contributed by atoms with van der Waals surface area (Å²) in [5, 5.41) is 2.75. The van der Waals surface area contributed by atoms with Gasteiger partial charge in [-0.25, -0.2) is 0 Å². The van der Waals surface area contributed by atoms with Gasteiger partial charge in [0.05, 0.1) is 0 Å². The third-order valence-corrected chi connectivity index (χ3v) is 1.11. The van der Waals surface area contributed by atoms with Crippen molar-refractivity contribution in [3.05, 3.63) is 31.3 Å². The molecule has 2 nitrogen and oxygen atoms in total. The fraction of sp³-hybridized carbons (Fsp3) is 0. The molecule has 0 aliphatic heterocycles. The standard InChI is InChI=1S/C7H9N2/c1-9-7-4-2-6(8)3-5-7/h2-5,9H,1,8H2. The fourth-order valence-corrected chi connectivity index (χ4v) is 0.601. The van der Waals surface area contributed by atoms with Crippen LogP contribution < -0.4 is 11.1 Å². The Morgan fingerprint density at radius 2 is 1.78 bits per heavy atom. The van der Waals surface area contributed by atoms with E-state index >= 15 is 0 Å². The van der Waals surface area contributed by atoms with Crippen molar-refractivity contribution in [2.75, 3.05) is 11.1 Å². The van der Waals surface area contributed by atoms with Crippen molar-refractivity contribution in [2.24, 2.45) is 0 Å². The maximum Gasteiger partial charge on any atom is 0.0342 e. The van der Waals surface area contributed by atoms with Gasteiger partial charge >= 0.3 is 0 Å². The Labute approximate surface area is 54.7 Å². The molecule has 0 saturated heterocycles. The highest BCUT2D eigenvalue weighted by Gasteiger charge is 1.84. The first-order chi connectivity index (χ1) is 4.33. The largest absolute Gasteiger partial charge is 0.399 e. The first-order valence-electron chi connectivity index (χ1n) is 2.71. The summed E-state index contributed by atoms with van der Waals surface area (Å²) in [6.45, 7) is 0. The SMILES string of the molecule is [CH2]Nc1ccc(N)cc1. The van der Waals surface area contributed by atoms with Gasteiger partial charge in [-0.15, -0.1) is 0 Å². The topological polar surface area (TPSA) is 38.0 Å². The molecule has 0 aliphatic rings. The highest BCUT2D eigenvalue weighted by Crippen LogP contribution is 2.08. The van der Waals surface area contributed by atoms with E-state index < -0.39 is 0 Å². The molecule has 1 rings (SSSR count). The number of hydrogen-bond acceptors (Lipinski definition) is 2. The van der Waals surface area contributed by atoms with Crippen molar-refractivity contribution < 1.29 is 0 Å². The van der Waals surface area contributed by atoms with Gasteiger partial charge in [0.1, 0.15) is 0 Å². The van der Waals surface area contributed by atoms with Crippen molar-refractivity contribution in [2.45, 2.75) is 0 Å². The van der Waals surface area contributed by atoms with Gasteiger partial charge in [0.15, 0.2) is 0 Å². The minimum absolute atomic E-state index is 0.772. The van der Waals surface area contributed by atoms with Crippen LogP contribution in [0.4, 0.5) is 11.4 Å². The molecule has 2 heteroatoms. The second kappa shape index (κ2) is 2.40. The molecule has 0 aromatic heterocycles. The molecule has 0 aliphatic carbocycles. The summed E-state index contributed by atoms with van der Waals surface area (Å²) in [5.41, 5.74) is 7.18. The number of rotatable bonds is 1. The second-order valence-corrected chi connectivity index (χ2v) is 1.80. The normalized spacial score (nSPS) is 9.00. The predicted molar refractivity (Wildman–Crippen MR) is 39.8 cm³/mol. The Bertz CT molecular complexity index is 179. The first kappa shape index (κ1) is 5.95. The summed E-state index contributed by atoms with van der Waals surface area (Å²) in [6.07, 6.45) is 0. The van der Waals surface area contributed by atoms with Gasteiger partial charge < -0.3 is 11.1 Å². The van der Waals surface area contributed by atoms with Gasteiger partial charge in [-0.1, -0.05) is 0 Å². The van der Waals surface area contributed by atoms with Crippen LogP contribution in [0.15, 0.2) is 24.3 Å². The summed E-state index contributed by atoms with van der Waals surface area (Å²) in [6, 6.07) is 7.41. The highest BCUT2D eigenvalue weighted by molar-refractivity contribution is 5.51. The average Bonchev–Trinajstić information content (AvgIpc) is 1.90. The third-order valence-electron chi connectivity index (χ3n) is 1.11. The van der Waals surface area contributed by atoms with E-state index in [2.05, 4.69) is 12.4 Å². The zero-order valence-corrected chi connectivity index (χ0v) is 5.09. The summed E-state index contributed by atoms with van der Waals surface area (Å²) in [7, 11) is 3.49. The van der Waals surface area contributed by atoms with Crippen LogP contribution >= 0.6 is 0 Å².